The zero-order chi connectivity index (χ0) is 25.2. The molecule has 0 unspecified atom stereocenters. The van der Waals surface area contributed by atoms with Gasteiger partial charge < -0.3 is 14.8 Å². The second kappa shape index (κ2) is 9.83. The van der Waals surface area contributed by atoms with E-state index in [1.165, 1.54) is 30.6 Å². The van der Waals surface area contributed by atoms with Crippen LogP contribution in [0, 0.1) is 0 Å². The van der Waals surface area contributed by atoms with Crippen molar-refractivity contribution in [3.63, 3.8) is 0 Å². The van der Waals surface area contributed by atoms with E-state index in [0.717, 1.165) is 17.5 Å². The van der Waals surface area contributed by atoms with Crippen LogP contribution in [0.15, 0.2) is 55.1 Å². The van der Waals surface area contributed by atoms with Gasteiger partial charge in [0.2, 0.25) is 0 Å². The Kier molecular flexibility index (Phi) is 6.83. The lowest BCUT2D eigenvalue weighted by Crippen LogP contribution is -2.16. The van der Waals surface area contributed by atoms with Gasteiger partial charge in [-0.25, -0.2) is 9.97 Å². The predicted octanol–water partition coefficient (Wildman–Crippen LogP) is 5.89. The van der Waals surface area contributed by atoms with Gasteiger partial charge in [0, 0.05) is 52.4 Å². The van der Waals surface area contributed by atoms with Crippen LogP contribution in [0.4, 0.5) is 14.5 Å². The van der Waals surface area contributed by atoms with Crippen molar-refractivity contribution in [3.8, 4) is 22.9 Å². The van der Waals surface area contributed by atoms with Crippen molar-refractivity contribution in [3.05, 3.63) is 60.7 Å². The molecule has 2 heterocycles. The molecule has 182 valence electrons. The summed E-state index contributed by atoms with van der Waals surface area (Å²) in [6.07, 6.45) is 5.59. The molecule has 0 saturated carbocycles. The van der Waals surface area contributed by atoms with Crippen molar-refractivity contribution in [2.45, 2.75) is 31.9 Å². The van der Waals surface area contributed by atoms with Gasteiger partial charge in [-0.15, -0.1) is 8.78 Å². The van der Waals surface area contributed by atoms with E-state index in [9.17, 15) is 13.6 Å². The van der Waals surface area contributed by atoms with Crippen molar-refractivity contribution in [1.29, 1.82) is 0 Å². The standard InChI is InChI=1S/C24H22ClF2N5O3/c1-4-14(2)32-21-19(16-11-28-13-29-12-16)9-15(10-20(21)31-23(32)34-3)22(33)30-17-5-7-18(8-6-17)35-24(25,26)27/h5-14H,4H2,1-3H3,(H,30,33)/t14-/m1/s1. The largest absolute Gasteiger partial charge is 0.487 e. The molecule has 0 aliphatic carbocycles. The van der Waals surface area contributed by atoms with Gasteiger partial charge in [-0.05, 0) is 49.7 Å². The fourth-order valence-corrected chi connectivity index (χ4v) is 3.77. The molecule has 2 aromatic heterocycles. The van der Waals surface area contributed by atoms with E-state index in [2.05, 4.69) is 38.9 Å². The number of benzene rings is 2. The predicted molar refractivity (Wildman–Crippen MR) is 128 cm³/mol. The molecule has 0 bridgehead atoms. The molecule has 0 aliphatic rings. The number of anilines is 1. The molecule has 1 amide bonds. The van der Waals surface area contributed by atoms with Crippen molar-refractivity contribution in [2.75, 3.05) is 12.4 Å². The lowest BCUT2D eigenvalue weighted by molar-refractivity contribution is -0.0964. The Bertz CT molecular complexity index is 1340. The molecule has 4 aromatic rings. The van der Waals surface area contributed by atoms with E-state index >= 15 is 0 Å². The minimum absolute atomic E-state index is 0.0825. The molecule has 1 atom stereocenters. The van der Waals surface area contributed by atoms with Crippen molar-refractivity contribution >= 4 is 34.2 Å². The Morgan fingerprint density at radius 2 is 1.89 bits per heavy atom. The molecular weight excluding hydrogens is 480 g/mol. The second-order valence-electron chi connectivity index (χ2n) is 7.77. The first kappa shape index (κ1) is 24.3. The fraction of sp³-hybridized carbons (Fsp3) is 0.250. The SMILES string of the molecule is CC[C@@H](C)n1c(OC)nc2cc(C(=O)Nc3ccc(OC(F)(F)Cl)cc3)cc(-c3cncnc3)c21. The van der Waals surface area contributed by atoms with E-state index < -0.39 is 11.5 Å². The van der Waals surface area contributed by atoms with Gasteiger partial charge in [-0.1, -0.05) is 6.92 Å². The lowest BCUT2D eigenvalue weighted by Gasteiger charge is -2.17. The van der Waals surface area contributed by atoms with E-state index in [1.807, 2.05) is 4.57 Å². The summed E-state index contributed by atoms with van der Waals surface area (Å²) in [7, 11) is 1.55. The third-order valence-electron chi connectivity index (χ3n) is 5.45. The number of halogens is 3. The van der Waals surface area contributed by atoms with Gasteiger partial charge >= 0.3 is 5.57 Å². The molecule has 35 heavy (non-hydrogen) atoms. The van der Waals surface area contributed by atoms with Crippen molar-refractivity contribution in [2.24, 2.45) is 0 Å². The van der Waals surface area contributed by atoms with Crippen LogP contribution in [-0.4, -0.2) is 38.1 Å². The molecule has 4 rings (SSSR count). The third kappa shape index (κ3) is 5.32. The van der Waals surface area contributed by atoms with Crippen LogP contribution >= 0.6 is 11.6 Å². The fourth-order valence-electron chi connectivity index (χ4n) is 3.68. The lowest BCUT2D eigenvalue weighted by atomic mass is 10.0. The Hall–Kier alpha value is -3.79. The zero-order valence-corrected chi connectivity index (χ0v) is 19.9. The topological polar surface area (TPSA) is 91.2 Å². The highest BCUT2D eigenvalue weighted by atomic mass is 35.5. The first-order chi connectivity index (χ1) is 16.7. The minimum Gasteiger partial charge on any atom is -0.468 e. The number of methoxy groups -OCH3 is 1. The third-order valence-corrected chi connectivity index (χ3v) is 5.52. The Morgan fingerprint density at radius 3 is 2.49 bits per heavy atom. The Labute approximate surface area is 204 Å². The van der Waals surface area contributed by atoms with Crippen LogP contribution in [0.1, 0.15) is 36.7 Å². The molecule has 0 saturated heterocycles. The van der Waals surface area contributed by atoms with E-state index in [-0.39, 0.29) is 11.8 Å². The number of aromatic nitrogens is 4. The Balaban J connectivity index is 1.75. The van der Waals surface area contributed by atoms with Gasteiger partial charge in [0.1, 0.15) is 12.1 Å². The molecule has 1 N–H and O–H groups in total. The van der Waals surface area contributed by atoms with Gasteiger partial charge in [0.25, 0.3) is 11.9 Å². The minimum atomic E-state index is -3.82. The summed E-state index contributed by atoms with van der Waals surface area (Å²) in [5.74, 6) is -0.558. The highest BCUT2D eigenvalue weighted by molar-refractivity contribution is 6.20. The second-order valence-corrected chi connectivity index (χ2v) is 8.21. The smallest absolute Gasteiger partial charge is 0.468 e. The number of fused-ring (bicyclic) bond motifs is 1. The molecule has 0 radical (unpaired) electrons. The number of hydrogen-bond acceptors (Lipinski definition) is 6. The number of rotatable bonds is 8. The van der Waals surface area contributed by atoms with Crippen LogP contribution in [0.3, 0.4) is 0 Å². The van der Waals surface area contributed by atoms with E-state index in [4.69, 9.17) is 16.3 Å². The van der Waals surface area contributed by atoms with Gasteiger partial charge in [-0.3, -0.25) is 9.36 Å². The van der Waals surface area contributed by atoms with Gasteiger partial charge in [0.05, 0.1) is 18.1 Å². The number of carbonyl (C=O) groups excluding carboxylic acids is 1. The average molecular weight is 502 g/mol. The molecular formula is C24H22ClF2N5O3. The van der Waals surface area contributed by atoms with E-state index in [1.54, 1.807) is 31.6 Å². The monoisotopic (exact) mass is 501 g/mol. The number of amides is 1. The van der Waals surface area contributed by atoms with Crippen LogP contribution in [-0.2, 0) is 0 Å². The number of hydrogen-bond donors (Lipinski definition) is 1. The summed E-state index contributed by atoms with van der Waals surface area (Å²) >= 11 is 4.79. The first-order valence-electron chi connectivity index (χ1n) is 10.7. The maximum atomic E-state index is 13.1. The molecule has 0 spiro atoms. The summed E-state index contributed by atoms with van der Waals surface area (Å²) < 4.78 is 37.5. The maximum absolute atomic E-state index is 13.1. The summed E-state index contributed by atoms with van der Waals surface area (Å²) in [6, 6.07) is 9.34. The first-order valence-corrected chi connectivity index (χ1v) is 11.1. The molecule has 11 heteroatoms. The van der Waals surface area contributed by atoms with Crippen LogP contribution in [0.5, 0.6) is 11.8 Å². The number of nitrogens with one attached hydrogen (secondary N) is 1. The molecule has 2 aromatic carbocycles. The number of imidazole rings is 1. The van der Waals surface area contributed by atoms with E-state index in [0.29, 0.717) is 28.3 Å². The quantitative estimate of drug-likeness (QED) is 0.302. The molecule has 8 nitrogen and oxygen atoms in total. The highest BCUT2D eigenvalue weighted by Gasteiger charge is 2.27. The van der Waals surface area contributed by atoms with Crippen LogP contribution in [0.2, 0.25) is 0 Å². The van der Waals surface area contributed by atoms with Crippen molar-refractivity contribution in [1.82, 2.24) is 19.5 Å². The summed E-state index contributed by atoms with van der Waals surface area (Å²) in [6.45, 7) is 4.12. The van der Waals surface area contributed by atoms with Gasteiger partial charge in [0.15, 0.2) is 0 Å². The molecule has 0 aliphatic heterocycles. The maximum Gasteiger partial charge on any atom is 0.487 e. The van der Waals surface area contributed by atoms with Gasteiger partial charge in [-0.2, -0.15) is 4.98 Å². The number of carbonyl (C=O) groups is 1. The summed E-state index contributed by atoms with van der Waals surface area (Å²) in [5, 5.41) is 2.75. The number of alkyl halides is 3. The average Bonchev–Trinajstić information content (AvgIpc) is 3.22. The zero-order valence-electron chi connectivity index (χ0n) is 19.1. The van der Waals surface area contributed by atoms with Crippen molar-refractivity contribution < 1.29 is 23.0 Å². The number of ether oxygens (including phenoxy) is 2. The molecule has 0 fully saturated rings. The normalized spacial score (nSPS) is 12.4. The summed E-state index contributed by atoms with van der Waals surface area (Å²) in [4.78, 5) is 26.0. The Morgan fingerprint density at radius 1 is 1.20 bits per heavy atom. The summed E-state index contributed by atoms with van der Waals surface area (Å²) in [5.41, 5.74) is -0.307. The van der Waals surface area contributed by atoms with Crippen LogP contribution < -0.4 is 14.8 Å². The highest BCUT2D eigenvalue weighted by Crippen LogP contribution is 2.36. The van der Waals surface area contributed by atoms with Crippen LogP contribution in [0.25, 0.3) is 22.2 Å². The number of nitrogens with zero attached hydrogens (tertiary/aromatic N) is 4.